The van der Waals surface area contributed by atoms with Gasteiger partial charge in [0.15, 0.2) is 0 Å². The van der Waals surface area contributed by atoms with Crippen LogP contribution in [-0.4, -0.2) is 25.7 Å². The summed E-state index contributed by atoms with van der Waals surface area (Å²) >= 11 is 11.3. The molecule has 0 aliphatic rings. The van der Waals surface area contributed by atoms with E-state index < -0.39 is 0 Å². The highest BCUT2D eigenvalue weighted by molar-refractivity contribution is 7.71. The van der Waals surface area contributed by atoms with Crippen molar-refractivity contribution in [3.8, 4) is 5.69 Å². The number of hydrogen-bond donors (Lipinski definition) is 2. The van der Waals surface area contributed by atoms with Crippen LogP contribution in [0.2, 0.25) is 5.02 Å². The lowest BCUT2D eigenvalue weighted by atomic mass is 10.2. The van der Waals surface area contributed by atoms with E-state index in [0.29, 0.717) is 26.6 Å². The summed E-state index contributed by atoms with van der Waals surface area (Å²) in [5, 5.41) is 7.22. The molecule has 0 aliphatic heterocycles. The number of aromatic nitrogens is 4. The predicted molar refractivity (Wildman–Crippen MR) is 85.9 cm³/mol. The Hall–Kier alpha value is -2.51. The fourth-order valence-electron chi connectivity index (χ4n) is 1.90. The maximum absolute atomic E-state index is 12.2. The number of hydrogen-bond acceptors (Lipinski definition) is 4. The average molecular weight is 332 g/mol. The maximum Gasteiger partial charge on any atom is 0.258 e. The fourth-order valence-corrected chi connectivity index (χ4v) is 2.40. The zero-order valence-electron chi connectivity index (χ0n) is 11.2. The summed E-state index contributed by atoms with van der Waals surface area (Å²) in [6.45, 7) is 0. The van der Waals surface area contributed by atoms with E-state index in [9.17, 15) is 4.79 Å². The third-order valence-corrected chi connectivity index (χ3v) is 3.57. The number of nitrogens with zero attached hydrogens (tertiary/aromatic N) is 3. The van der Waals surface area contributed by atoms with E-state index >= 15 is 0 Å². The van der Waals surface area contributed by atoms with Gasteiger partial charge in [0.1, 0.15) is 17.3 Å². The van der Waals surface area contributed by atoms with Crippen LogP contribution in [0.5, 0.6) is 0 Å². The first-order valence-electron chi connectivity index (χ1n) is 6.29. The molecule has 0 bridgehead atoms. The van der Waals surface area contributed by atoms with E-state index in [0.717, 1.165) is 0 Å². The molecule has 0 atom stereocenters. The number of carbonyl (C=O) groups is 1. The van der Waals surface area contributed by atoms with Crippen LogP contribution < -0.4 is 5.32 Å². The number of anilines is 1. The Morgan fingerprint density at radius 2 is 2.23 bits per heavy atom. The standard InChI is InChI=1S/C14H10ClN5OS/c15-11-6-9(3-4-12(11)20-8-16-7-18-20)19-13(21)10-2-1-5-17-14(10)22/h1-8H,(H,17,22)(H,19,21). The molecule has 0 aliphatic carbocycles. The zero-order valence-corrected chi connectivity index (χ0v) is 12.7. The fraction of sp³-hybridized carbons (Fsp3) is 0. The van der Waals surface area contributed by atoms with E-state index in [1.165, 1.54) is 6.33 Å². The molecule has 8 heteroatoms. The number of carbonyl (C=O) groups excluding carboxylic acids is 1. The lowest BCUT2D eigenvalue weighted by Gasteiger charge is -2.08. The van der Waals surface area contributed by atoms with E-state index in [1.54, 1.807) is 47.5 Å². The molecule has 0 saturated heterocycles. The average Bonchev–Trinajstić information content (AvgIpc) is 3.01. The third kappa shape index (κ3) is 2.90. The molecule has 0 unspecified atom stereocenters. The van der Waals surface area contributed by atoms with Gasteiger partial charge in [0.25, 0.3) is 5.91 Å². The van der Waals surface area contributed by atoms with E-state index in [1.807, 2.05) is 0 Å². The molecule has 22 heavy (non-hydrogen) atoms. The van der Waals surface area contributed by atoms with Crippen molar-refractivity contribution in [1.82, 2.24) is 19.7 Å². The van der Waals surface area contributed by atoms with Gasteiger partial charge in [-0.05, 0) is 30.3 Å². The number of aromatic amines is 1. The summed E-state index contributed by atoms with van der Waals surface area (Å²) in [6, 6.07) is 8.49. The van der Waals surface area contributed by atoms with Crippen LogP contribution in [0.1, 0.15) is 10.4 Å². The monoisotopic (exact) mass is 331 g/mol. The van der Waals surface area contributed by atoms with Gasteiger partial charge in [-0.1, -0.05) is 23.8 Å². The van der Waals surface area contributed by atoms with Crippen molar-refractivity contribution >= 4 is 35.4 Å². The van der Waals surface area contributed by atoms with Gasteiger partial charge in [0.05, 0.1) is 16.3 Å². The van der Waals surface area contributed by atoms with Gasteiger partial charge in [-0.15, -0.1) is 0 Å². The molecular weight excluding hydrogens is 322 g/mol. The summed E-state index contributed by atoms with van der Waals surface area (Å²) in [5.74, 6) is -0.300. The van der Waals surface area contributed by atoms with Crippen molar-refractivity contribution < 1.29 is 4.79 Å². The lowest BCUT2D eigenvalue weighted by molar-refractivity contribution is 0.102. The highest BCUT2D eigenvalue weighted by Gasteiger charge is 2.10. The molecule has 0 radical (unpaired) electrons. The molecule has 0 spiro atoms. The SMILES string of the molecule is O=C(Nc1ccc(-n2cncn2)c(Cl)c1)c1ccc[nH]c1=S. The van der Waals surface area contributed by atoms with Crippen molar-refractivity contribution in [3.05, 3.63) is 64.4 Å². The van der Waals surface area contributed by atoms with E-state index in [4.69, 9.17) is 23.8 Å². The third-order valence-electron chi connectivity index (χ3n) is 2.93. The van der Waals surface area contributed by atoms with Gasteiger partial charge in [-0.2, -0.15) is 5.10 Å². The highest BCUT2D eigenvalue weighted by atomic mass is 35.5. The summed E-state index contributed by atoms with van der Waals surface area (Å²) in [6.07, 6.45) is 4.63. The van der Waals surface area contributed by atoms with Gasteiger partial charge in [0.2, 0.25) is 0 Å². The molecule has 3 rings (SSSR count). The summed E-state index contributed by atoms with van der Waals surface area (Å²) in [7, 11) is 0. The molecule has 3 aromatic rings. The van der Waals surface area contributed by atoms with Crippen LogP contribution in [0.3, 0.4) is 0 Å². The van der Waals surface area contributed by atoms with Gasteiger partial charge in [-0.3, -0.25) is 4.79 Å². The Kier molecular flexibility index (Phi) is 3.99. The Morgan fingerprint density at radius 3 is 2.91 bits per heavy atom. The van der Waals surface area contributed by atoms with E-state index in [-0.39, 0.29) is 5.91 Å². The number of rotatable bonds is 3. The first kappa shape index (κ1) is 14.4. The van der Waals surface area contributed by atoms with Crippen LogP contribution in [0.4, 0.5) is 5.69 Å². The maximum atomic E-state index is 12.2. The first-order valence-corrected chi connectivity index (χ1v) is 7.07. The van der Waals surface area contributed by atoms with Crippen LogP contribution in [0.15, 0.2) is 49.2 Å². The molecule has 0 saturated carbocycles. The van der Waals surface area contributed by atoms with Gasteiger partial charge < -0.3 is 10.3 Å². The van der Waals surface area contributed by atoms with Gasteiger partial charge in [-0.25, -0.2) is 9.67 Å². The number of pyridine rings is 1. The summed E-state index contributed by atoms with van der Waals surface area (Å²) in [4.78, 5) is 18.9. The smallest absolute Gasteiger partial charge is 0.258 e. The van der Waals surface area contributed by atoms with Crippen molar-refractivity contribution in [2.75, 3.05) is 5.32 Å². The second kappa shape index (κ2) is 6.08. The number of nitrogens with one attached hydrogen (secondary N) is 2. The Bertz CT molecular complexity index is 875. The minimum atomic E-state index is -0.300. The van der Waals surface area contributed by atoms with Crippen LogP contribution in [-0.2, 0) is 0 Å². The van der Waals surface area contributed by atoms with Gasteiger partial charge >= 0.3 is 0 Å². The van der Waals surface area contributed by atoms with Crippen molar-refractivity contribution in [2.45, 2.75) is 0 Å². The highest BCUT2D eigenvalue weighted by Crippen LogP contribution is 2.24. The topological polar surface area (TPSA) is 75.6 Å². The molecule has 1 amide bonds. The Labute approximate surface area is 135 Å². The molecule has 2 heterocycles. The second-order valence-corrected chi connectivity index (χ2v) is 5.19. The molecule has 6 nitrogen and oxygen atoms in total. The second-order valence-electron chi connectivity index (χ2n) is 4.37. The Morgan fingerprint density at radius 1 is 1.36 bits per heavy atom. The van der Waals surface area contributed by atoms with Crippen molar-refractivity contribution in [2.24, 2.45) is 0 Å². The molecular formula is C14H10ClN5OS. The van der Waals surface area contributed by atoms with E-state index in [2.05, 4.69) is 20.4 Å². The zero-order chi connectivity index (χ0) is 15.5. The summed E-state index contributed by atoms with van der Waals surface area (Å²) < 4.78 is 1.92. The van der Waals surface area contributed by atoms with Crippen LogP contribution >= 0.6 is 23.8 Å². The number of halogens is 1. The molecule has 110 valence electrons. The van der Waals surface area contributed by atoms with Crippen molar-refractivity contribution in [1.29, 1.82) is 0 Å². The molecule has 2 aromatic heterocycles. The number of amides is 1. The predicted octanol–water partition coefficient (Wildman–Crippen LogP) is 3.23. The normalized spacial score (nSPS) is 10.4. The Balaban J connectivity index is 1.85. The van der Waals surface area contributed by atoms with Gasteiger partial charge in [0, 0.05) is 11.9 Å². The molecule has 2 N–H and O–H groups in total. The van der Waals surface area contributed by atoms with Crippen LogP contribution in [0, 0.1) is 4.64 Å². The largest absolute Gasteiger partial charge is 0.352 e. The number of H-pyrrole nitrogens is 1. The summed E-state index contributed by atoms with van der Waals surface area (Å²) in [5.41, 5.74) is 1.64. The minimum absolute atomic E-state index is 0.300. The van der Waals surface area contributed by atoms with Crippen molar-refractivity contribution in [3.63, 3.8) is 0 Å². The number of benzene rings is 1. The van der Waals surface area contributed by atoms with Crippen LogP contribution in [0.25, 0.3) is 5.69 Å². The lowest BCUT2D eigenvalue weighted by Crippen LogP contribution is -2.13. The first-order chi connectivity index (χ1) is 10.6. The quantitative estimate of drug-likeness (QED) is 0.722. The minimum Gasteiger partial charge on any atom is -0.352 e. The molecule has 0 fully saturated rings. The molecule has 1 aromatic carbocycles.